The molecule has 0 bridgehead atoms. The fraction of sp³-hybridized carbons (Fsp3) is 0.154. The fourth-order valence-corrected chi connectivity index (χ4v) is 2.82. The number of ether oxygens (including phenoxy) is 1. The molecule has 2 heterocycles. The third-order valence-corrected chi connectivity index (χ3v) is 3.63. The molecule has 3 rings (SSSR count). The van der Waals surface area contributed by atoms with Crippen LogP contribution in [0, 0.1) is 6.92 Å². The lowest BCUT2D eigenvalue weighted by Crippen LogP contribution is -2.23. The number of alkyl halides is 2. The molecule has 0 atom stereocenters. The Kier molecular flexibility index (Phi) is 3.38. The van der Waals surface area contributed by atoms with Gasteiger partial charge in [-0.1, -0.05) is 23.5 Å². The fourth-order valence-electron chi connectivity index (χ4n) is 1.86. The SMILES string of the molecule is Cc1nc2s/c(=C\c3cccc(OC(F)F)c3)c(=O)n2n1. The minimum atomic E-state index is -2.88. The van der Waals surface area contributed by atoms with E-state index in [0.717, 1.165) is 0 Å². The van der Waals surface area contributed by atoms with E-state index in [4.69, 9.17) is 0 Å². The predicted molar refractivity (Wildman–Crippen MR) is 73.7 cm³/mol. The smallest absolute Gasteiger partial charge is 0.387 e. The van der Waals surface area contributed by atoms with Crippen LogP contribution < -0.4 is 14.8 Å². The van der Waals surface area contributed by atoms with Gasteiger partial charge in [-0.15, -0.1) is 5.10 Å². The van der Waals surface area contributed by atoms with Gasteiger partial charge in [0.05, 0.1) is 4.53 Å². The Morgan fingerprint density at radius 2 is 2.24 bits per heavy atom. The van der Waals surface area contributed by atoms with Crippen molar-refractivity contribution >= 4 is 22.4 Å². The van der Waals surface area contributed by atoms with Crippen LogP contribution in [0.15, 0.2) is 29.1 Å². The Morgan fingerprint density at radius 1 is 1.43 bits per heavy atom. The number of rotatable bonds is 3. The van der Waals surface area contributed by atoms with Crippen molar-refractivity contribution < 1.29 is 13.5 Å². The molecule has 5 nitrogen and oxygen atoms in total. The highest BCUT2D eigenvalue weighted by Gasteiger charge is 2.08. The molecule has 0 spiro atoms. The summed E-state index contributed by atoms with van der Waals surface area (Å²) in [6.45, 7) is -1.18. The van der Waals surface area contributed by atoms with Gasteiger partial charge >= 0.3 is 6.61 Å². The quantitative estimate of drug-likeness (QED) is 0.737. The van der Waals surface area contributed by atoms with Crippen LogP contribution in [0.1, 0.15) is 11.4 Å². The zero-order valence-corrected chi connectivity index (χ0v) is 11.6. The lowest BCUT2D eigenvalue weighted by atomic mass is 10.2. The maximum absolute atomic E-state index is 12.2. The van der Waals surface area contributed by atoms with Crippen molar-refractivity contribution in [1.29, 1.82) is 0 Å². The summed E-state index contributed by atoms with van der Waals surface area (Å²) in [5.74, 6) is 0.568. The molecule has 0 aliphatic carbocycles. The van der Waals surface area contributed by atoms with Gasteiger partial charge in [0.15, 0.2) is 0 Å². The first-order valence-corrected chi connectivity index (χ1v) is 6.77. The second-order valence-electron chi connectivity index (χ2n) is 4.22. The van der Waals surface area contributed by atoms with E-state index in [9.17, 15) is 13.6 Å². The van der Waals surface area contributed by atoms with Crippen LogP contribution in [0.3, 0.4) is 0 Å². The molecule has 0 amide bonds. The van der Waals surface area contributed by atoms with E-state index in [-0.39, 0.29) is 11.3 Å². The molecule has 108 valence electrons. The summed E-state index contributed by atoms with van der Waals surface area (Å²) in [5, 5.41) is 3.99. The van der Waals surface area contributed by atoms with Gasteiger partial charge in [0.2, 0.25) is 4.96 Å². The van der Waals surface area contributed by atoms with Crippen molar-refractivity contribution in [2.45, 2.75) is 13.5 Å². The normalized spacial score (nSPS) is 12.5. The molecule has 8 heteroatoms. The third-order valence-electron chi connectivity index (χ3n) is 2.67. The Balaban J connectivity index is 2.05. The van der Waals surface area contributed by atoms with E-state index < -0.39 is 6.61 Å². The summed E-state index contributed by atoms with van der Waals surface area (Å²) in [4.78, 5) is 16.7. The van der Waals surface area contributed by atoms with E-state index in [1.165, 1.54) is 28.0 Å². The lowest BCUT2D eigenvalue weighted by Gasteiger charge is -2.04. The Hall–Kier alpha value is -2.35. The van der Waals surface area contributed by atoms with E-state index in [1.807, 2.05) is 0 Å². The highest BCUT2D eigenvalue weighted by atomic mass is 32.1. The predicted octanol–water partition coefficient (Wildman–Crippen LogP) is 1.61. The molecule has 0 radical (unpaired) electrons. The molecule has 1 aromatic carbocycles. The van der Waals surface area contributed by atoms with Crippen LogP contribution in [-0.4, -0.2) is 21.2 Å². The van der Waals surface area contributed by atoms with Crippen molar-refractivity contribution in [3.63, 3.8) is 0 Å². The van der Waals surface area contributed by atoms with Gasteiger partial charge in [-0.25, -0.2) is 4.98 Å². The number of hydrogen-bond donors (Lipinski definition) is 0. The molecule has 2 aromatic heterocycles. The van der Waals surface area contributed by atoms with Gasteiger partial charge in [-0.2, -0.15) is 13.3 Å². The summed E-state index contributed by atoms with van der Waals surface area (Å²) >= 11 is 1.19. The second-order valence-corrected chi connectivity index (χ2v) is 5.23. The number of fused-ring (bicyclic) bond motifs is 1. The van der Waals surface area contributed by atoms with E-state index in [0.29, 0.717) is 20.9 Å². The number of benzene rings is 1. The number of aromatic nitrogens is 3. The van der Waals surface area contributed by atoms with Crippen LogP contribution in [-0.2, 0) is 0 Å². The van der Waals surface area contributed by atoms with Crippen molar-refractivity contribution in [2.24, 2.45) is 0 Å². The van der Waals surface area contributed by atoms with Crippen molar-refractivity contribution in [1.82, 2.24) is 14.6 Å². The summed E-state index contributed by atoms with van der Waals surface area (Å²) in [7, 11) is 0. The van der Waals surface area contributed by atoms with Crippen LogP contribution in [0.2, 0.25) is 0 Å². The zero-order valence-electron chi connectivity index (χ0n) is 10.8. The number of halogens is 2. The first-order valence-electron chi connectivity index (χ1n) is 5.96. The number of thiazole rings is 1. The van der Waals surface area contributed by atoms with Gasteiger partial charge in [0.1, 0.15) is 11.6 Å². The maximum atomic E-state index is 12.2. The van der Waals surface area contributed by atoms with Crippen molar-refractivity contribution in [3.8, 4) is 5.75 Å². The molecule has 0 fully saturated rings. The zero-order chi connectivity index (χ0) is 15.0. The molecule has 0 aliphatic heterocycles. The second kappa shape index (κ2) is 5.21. The molecule has 0 saturated carbocycles. The third kappa shape index (κ3) is 2.75. The van der Waals surface area contributed by atoms with Crippen molar-refractivity contribution in [3.05, 3.63) is 50.5 Å². The molecule has 0 N–H and O–H groups in total. The number of hydrogen-bond acceptors (Lipinski definition) is 5. The van der Waals surface area contributed by atoms with Crippen LogP contribution in [0.25, 0.3) is 11.0 Å². The largest absolute Gasteiger partial charge is 0.435 e. The minimum absolute atomic E-state index is 0.0431. The van der Waals surface area contributed by atoms with Gasteiger partial charge in [-0.3, -0.25) is 4.79 Å². The molecular formula is C13H9F2N3O2S. The highest BCUT2D eigenvalue weighted by molar-refractivity contribution is 7.15. The Bertz CT molecular complexity index is 904. The van der Waals surface area contributed by atoms with E-state index in [1.54, 1.807) is 25.1 Å². The average molecular weight is 309 g/mol. The maximum Gasteiger partial charge on any atom is 0.387 e. The first-order chi connectivity index (χ1) is 10.0. The topological polar surface area (TPSA) is 56.5 Å². The van der Waals surface area contributed by atoms with Crippen LogP contribution in [0.4, 0.5) is 8.78 Å². The first kappa shape index (κ1) is 13.6. The summed E-state index contributed by atoms with van der Waals surface area (Å²) in [6.07, 6.45) is 1.59. The van der Waals surface area contributed by atoms with Gasteiger partial charge < -0.3 is 4.74 Å². The monoisotopic (exact) mass is 309 g/mol. The lowest BCUT2D eigenvalue weighted by molar-refractivity contribution is -0.0498. The van der Waals surface area contributed by atoms with Gasteiger partial charge in [0, 0.05) is 0 Å². The van der Waals surface area contributed by atoms with Gasteiger partial charge in [-0.05, 0) is 30.7 Å². The molecule has 0 saturated heterocycles. The van der Waals surface area contributed by atoms with Gasteiger partial charge in [0.25, 0.3) is 5.56 Å². The Morgan fingerprint density at radius 3 is 2.95 bits per heavy atom. The molecule has 21 heavy (non-hydrogen) atoms. The van der Waals surface area contributed by atoms with Crippen molar-refractivity contribution in [2.75, 3.05) is 0 Å². The van der Waals surface area contributed by atoms with Crippen LogP contribution in [0.5, 0.6) is 5.75 Å². The average Bonchev–Trinajstić information content (AvgIpc) is 2.89. The highest BCUT2D eigenvalue weighted by Crippen LogP contribution is 2.16. The number of nitrogens with zero attached hydrogens (tertiary/aromatic N) is 3. The minimum Gasteiger partial charge on any atom is -0.435 e. The standard InChI is InChI=1S/C13H9F2N3O2S/c1-7-16-13-18(17-7)11(19)10(21-13)6-8-3-2-4-9(5-8)20-12(14)15/h2-6,12H,1H3/b10-6-. The van der Waals surface area contributed by atoms with E-state index >= 15 is 0 Å². The summed E-state index contributed by atoms with van der Waals surface area (Å²) in [5.41, 5.74) is 0.308. The van der Waals surface area contributed by atoms with E-state index in [2.05, 4.69) is 14.8 Å². The number of aryl methyl sites for hydroxylation is 1. The molecule has 0 aliphatic rings. The summed E-state index contributed by atoms with van der Waals surface area (Å²) in [6, 6.07) is 6.13. The molecule has 0 unspecified atom stereocenters. The molecule has 3 aromatic rings. The van der Waals surface area contributed by atoms with Crippen LogP contribution >= 0.6 is 11.3 Å². The summed E-state index contributed by atoms with van der Waals surface area (Å²) < 4.78 is 30.3. The molecular weight excluding hydrogens is 300 g/mol. The Labute approximate surface area is 121 Å².